The van der Waals surface area contributed by atoms with Crippen LogP contribution in [0.3, 0.4) is 0 Å². The molecule has 0 aliphatic carbocycles. The molecule has 1 saturated heterocycles. The van der Waals surface area contributed by atoms with Crippen LogP contribution in [0.5, 0.6) is 0 Å². The first kappa shape index (κ1) is 11.8. The Morgan fingerprint density at radius 1 is 1.00 bits per heavy atom. The zero-order chi connectivity index (χ0) is 13.2. The van der Waals surface area contributed by atoms with Crippen LogP contribution < -0.4 is 15.5 Å². The van der Waals surface area contributed by atoms with Crippen molar-refractivity contribution in [3.63, 3.8) is 0 Å². The van der Waals surface area contributed by atoms with E-state index in [9.17, 15) is 0 Å². The summed E-state index contributed by atoms with van der Waals surface area (Å²) in [4.78, 5) is 8.88. The average Bonchev–Trinajstić information content (AvgIpc) is 2.79. The minimum atomic E-state index is 0.336. The first-order chi connectivity index (χ1) is 9.24. The van der Waals surface area contributed by atoms with Crippen molar-refractivity contribution in [3.8, 4) is 0 Å². The van der Waals surface area contributed by atoms with Crippen molar-refractivity contribution in [2.75, 3.05) is 41.7 Å². The van der Waals surface area contributed by atoms with Gasteiger partial charge in [0.05, 0.1) is 0 Å². The molecule has 2 aromatic rings. The molecule has 6 nitrogen and oxygen atoms in total. The molecular formula is C13H18N6. The van der Waals surface area contributed by atoms with E-state index in [2.05, 4.69) is 44.1 Å². The van der Waals surface area contributed by atoms with E-state index in [1.165, 1.54) is 5.69 Å². The van der Waals surface area contributed by atoms with Crippen molar-refractivity contribution in [1.29, 1.82) is 0 Å². The molecule has 6 heteroatoms. The van der Waals surface area contributed by atoms with Crippen LogP contribution in [0.2, 0.25) is 0 Å². The van der Waals surface area contributed by atoms with Gasteiger partial charge >= 0.3 is 0 Å². The fourth-order valence-corrected chi connectivity index (χ4v) is 2.47. The summed E-state index contributed by atoms with van der Waals surface area (Å²) in [6, 6.07) is 10.5. The summed E-state index contributed by atoms with van der Waals surface area (Å²) in [5.41, 5.74) is 6.90. The third-order valence-electron chi connectivity index (χ3n) is 3.44. The number of aryl methyl sites for hydroxylation is 1. The molecule has 0 spiro atoms. The summed E-state index contributed by atoms with van der Waals surface area (Å²) >= 11 is 0. The maximum atomic E-state index is 5.62. The third kappa shape index (κ3) is 2.33. The highest BCUT2D eigenvalue weighted by atomic mass is 15.5. The van der Waals surface area contributed by atoms with E-state index in [-0.39, 0.29) is 0 Å². The standard InChI is InChI=1S/C13H18N6/c1-17-13(15-12(14)16-17)19-9-7-18(8-10-19)11-5-3-2-4-6-11/h2-6H,7-10H2,1H3,(H2,14,16). The monoisotopic (exact) mass is 258 g/mol. The van der Waals surface area contributed by atoms with Crippen molar-refractivity contribution >= 4 is 17.6 Å². The van der Waals surface area contributed by atoms with Gasteiger partial charge in [0.2, 0.25) is 11.9 Å². The van der Waals surface area contributed by atoms with Crippen molar-refractivity contribution in [3.05, 3.63) is 30.3 Å². The lowest BCUT2D eigenvalue weighted by atomic mass is 10.2. The number of piperazine rings is 1. The Morgan fingerprint density at radius 3 is 2.21 bits per heavy atom. The largest absolute Gasteiger partial charge is 0.368 e. The van der Waals surface area contributed by atoms with Crippen LogP contribution in [-0.4, -0.2) is 40.9 Å². The Morgan fingerprint density at radius 2 is 1.63 bits per heavy atom. The highest BCUT2D eigenvalue weighted by Crippen LogP contribution is 2.18. The second-order valence-electron chi connectivity index (χ2n) is 4.70. The molecule has 1 fully saturated rings. The lowest BCUT2D eigenvalue weighted by Gasteiger charge is -2.36. The second kappa shape index (κ2) is 4.79. The van der Waals surface area contributed by atoms with E-state index in [0.29, 0.717) is 5.95 Å². The zero-order valence-electron chi connectivity index (χ0n) is 11.0. The fraction of sp³-hybridized carbons (Fsp3) is 0.385. The van der Waals surface area contributed by atoms with Crippen LogP contribution in [0.25, 0.3) is 0 Å². The molecule has 0 amide bonds. The highest BCUT2D eigenvalue weighted by molar-refractivity contribution is 5.48. The van der Waals surface area contributed by atoms with E-state index < -0.39 is 0 Å². The Labute approximate surface area is 112 Å². The Balaban J connectivity index is 1.68. The summed E-state index contributed by atoms with van der Waals surface area (Å²) in [7, 11) is 1.88. The quantitative estimate of drug-likeness (QED) is 0.860. The Kier molecular flexibility index (Phi) is 2.98. The van der Waals surface area contributed by atoms with Gasteiger partial charge < -0.3 is 15.5 Å². The van der Waals surface area contributed by atoms with Crippen LogP contribution in [-0.2, 0) is 7.05 Å². The molecule has 1 aromatic carbocycles. The van der Waals surface area contributed by atoms with Crippen LogP contribution in [0.15, 0.2) is 30.3 Å². The van der Waals surface area contributed by atoms with Gasteiger partial charge in [-0.25, -0.2) is 4.68 Å². The smallest absolute Gasteiger partial charge is 0.241 e. The predicted octanol–water partition coefficient (Wildman–Crippen LogP) is 0.724. The summed E-state index contributed by atoms with van der Waals surface area (Å²) in [5.74, 6) is 1.19. The fourth-order valence-electron chi connectivity index (χ4n) is 2.47. The lowest BCUT2D eigenvalue weighted by molar-refractivity contribution is 0.619. The highest BCUT2D eigenvalue weighted by Gasteiger charge is 2.20. The molecule has 0 bridgehead atoms. The molecule has 0 unspecified atom stereocenters. The Bertz CT molecular complexity index is 542. The number of nitrogen functional groups attached to an aromatic ring is 1. The lowest BCUT2D eigenvalue weighted by Crippen LogP contribution is -2.47. The van der Waals surface area contributed by atoms with Crippen LogP contribution >= 0.6 is 0 Å². The van der Waals surface area contributed by atoms with Gasteiger partial charge in [-0.3, -0.25) is 0 Å². The summed E-state index contributed by atoms with van der Waals surface area (Å²) in [6.45, 7) is 3.83. The molecule has 100 valence electrons. The van der Waals surface area contributed by atoms with Crippen LogP contribution in [0, 0.1) is 0 Å². The number of para-hydroxylation sites is 1. The van der Waals surface area contributed by atoms with Gasteiger partial charge in [-0.2, -0.15) is 4.98 Å². The van der Waals surface area contributed by atoms with E-state index in [1.807, 2.05) is 13.1 Å². The number of aromatic nitrogens is 3. The molecule has 1 aliphatic heterocycles. The first-order valence-corrected chi connectivity index (χ1v) is 6.45. The summed E-state index contributed by atoms with van der Waals surface area (Å²) in [5, 5.41) is 4.09. The van der Waals surface area contributed by atoms with E-state index in [0.717, 1.165) is 32.1 Å². The number of nitrogens with two attached hydrogens (primary N) is 1. The topological polar surface area (TPSA) is 63.2 Å². The SMILES string of the molecule is Cn1nc(N)nc1N1CCN(c2ccccc2)CC1. The number of nitrogens with zero attached hydrogens (tertiary/aromatic N) is 5. The predicted molar refractivity (Wildman–Crippen MR) is 76.3 cm³/mol. The molecular weight excluding hydrogens is 240 g/mol. The molecule has 0 saturated carbocycles. The van der Waals surface area contributed by atoms with Crippen LogP contribution in [0.4, 0.5) is 17.6 Å². The van der Waals surface area contributed by atoms with Crippen molar-refractivity contribution in [2.45, 2.75) is 0 Å². The minimum Gasteiger partial charge on any atom is -0.368 e. The number of benzene rings is 1. The maximum Gasteiger partial charge on any atom is 0.241 e. The van der Waals surface area contributed by atoms with E-state index in [1.54, 1.807) is 4.68 Å². The summed E-state index contributed by atoms with van der Waals surface area (Å²) in [6.07, 6.45) is 0. The first-order valence-electron chi connectivity index (χ1n) is 6.45. The van der Waals surface area contributed by atoms with E-state index >= 15 is 0 Å². The molecule has 3 rings (SSSR count). The van der Waals surface area contributed by atoms with Gasteiger partial charge in [-0.1, -0.05) is 18.2 Å². The minimum absolute atomic E-state index is 0.336. The number of anilines is 3. The molecule has 0 radical (unpaired) electrons. The summed E-state index contributed by atoms with van der Waals surface area (Å²) < 4.78 is 1.74. The van der Waals surface area contributed by atoms with Gasteiger partial charge in [0.15, 0.2) is 0 Å². The van der Waals surface area contributed by atoms with Crippen molar-refractivity contribution in [2.24, 2.45) is 7.05 Å². The number of rotatable bonds is 2. The van der Waals surface area contributed by atoms with Gasteiger partial charge in [-0.05, 0) is 12.1 Å². The van der Waals surface area contributed by atoms with Crippen molar-refractivity contribution < 1.29 is 0 Å². The van der Waals surface area contributed by atoms with Crippen molar-refractivity contribution in [1.82, 2.24) is 14.8 Å². The maximum absolute atomic E-state index is 5.62. The Hall–Kier alpha value is -2.24. The van der Waals surface area contributed by atoms with Gasteiger partial charge in [0, 0.05) is 38.9 Å². The number of hydrogen-bond donors (Lipinski definition) is 1. The molecule has 1 aromatic heterocycles. The average molecular weight is 258 g/mol. The van der Waals surface area contributed by atoms with Crippen LogP contribution in [0.1, 0.15) is 0 Å². The zero-order valence-corrected chi connectivity index (χ0v) is 11.0. The molecule has 2 N–H and O–H groups in total. The third-order valence-corrected chi connectivity index (χ3v) is 3.44. The molecule has 19 heavy (non-hydrogen) atoms. The normalized spacial score (nSPS) is 15.8. The van der Waals surface area contributed by atoms with E-state index in [4.69, 9.17) is 5.73 Å². The molecule has 2 heterocycles. The molecule has 0 atom stereocenters. The van der Waals surface area contributed by atoms with Gasteiger partial charge in [-0.15, -0.1) is 5.10 Å². The second-order valence-corrected chi connectivity index (χ2v) is 4.70. The van der Waals surface area contributed by atoms with Gasteiger partial charge in [0.25, 0.3) is 0 Å². The van der Waals surface area contributed by atoms with Gasteiger partial charge in [0.1, 0.15) is 0 Å². The number of hydrogen-bond acceptors (Lipinski definition) is 5. The molecule has 1 aliphatic rings.